The fourth-order valence-corrected chi connectivity index (χ4v) is 5.63. The number of rotatable bonds is 9. The van der Waals surface area contributed by atoms with Crippen LogP contribution in [0.1, 0.15) is 42.6 Å². The maximum atomic E-state index is 14.2. The second kappa shape index (κ2) is 15.1. The van der Waals surface area contributed by atoms with Gasteiger partial charge in [0.1, 0.15) is 23.4 Å². The molecular weight excluding hydrogens is 609 g/mol. The van der Waals surface area contributed by atoms with Gasteiger partial charge in [-0.2, -0.15) is 0 Å². The number of benzene rings is 3. The van der Waals surface area contributed by atoms with E-state index in [-0.39, 0.29) is 24.5 Å². The van der Waals surface area contributed by atoms with E-state index in [2.05, 4.69) is 15.5 Å². The molecule has 2 aliphatic rings. The lowest BCUT2D eigenvalue weighted by molar-refractivity contribution is 0.202. The van der Waals surface area contributed by atoms with Crippen LogP contribution in [-0.4, -0.2) is 74.1 Å². The number of aliphatic imine (C=N–C) groups is 1. The Morgan fingerprint density at radius 2 is 1.63 bits per heavy atom. The van der Waals surface area contributed by atoms with E-state index in [1.807, 2.05) is 80.6 Å². The van der Waals surface area contributed by atoms with Crippen molar-refractivity contribution < 1.29 is 14.3 Å². The SMILES string of the molecule is COc1ccc(C2=NC(c3ccc(Cl)cc3)C(c3ccc(Cl)cc3)N2C(=O)NCCN2CCNCC2)c(OC(C)C)c1.Cl. The molecule has 0 aromatic heterocycles. The molecule has 2 atom stereocenters. The molecule has 8 nitrogen and oxygen atoms in total. The van der Waals surface area contributed by atoms with Gasteiger partial charge >= 0.3 is 6.03 Å². The topological polar surface area (TPSA) is 78.4 Å². The monoisotopic (exact) mass is 645 g/mol. The average molecular weight is 647 g/mol. The third-order valence-electron chi connectivity index (χ3n) is 7.41. The third kappa shape index (κ3) is 7.94. The summed E-state index contributed by atoms with van der Waals surface area (Å²) in [6, 6.07) is 19.7. The number of amidine groups is 1. The summed E-state index contributed by atoms with van der Waals surface area (Å²) in [6.07, 6.45) is -0.0988. The lowest BCUT2D eigenvalue weighted by Crippen LogP contribution is -2.49. The van der Waals surface area contributed by atoms with Crippen LogP contribution in [0.15, 0.2) is 71.7 Å². The second-order valence-electron chi connectivity index (χ2n) is 10.7. The first-order valence-corrected chi connectivity index (χ1v) is 15.0. The highest BCUT2D eigenvalue weighted by atomic mass is 35.5. The van der Waals surface area contributed by atoms with Crippen molar-refractivity contribution in [2.24, 2.45) is 4.99 Å². The highest BCUT2D eigenvalue weighted by Crippen LogP contribution is 2.45. The summed E-state index contributed by atoms with van der Waals surface area (Å²) in [4.78, 5) is 23.5. The molecule has 2 unspecified atom stereocenters. The number of nitrogens with zero attached hydrogens (tertiary/aromatic N) is 3. The first-order valence-electron chi connectivity index (χ1n) is 14.3. The van der Waals surface area contributed by atoms with Gasteiger partial charge < -0.3 is 20.1 Å². The van der Waals surface area contributed by atoms with Crippen LogP contribution in [0.3, 0.4) is 0 Å². The fraction of sp³-hybridized carbons (Fsp3) is 0.375. The van der Waals surface area contributed by atoms with Gasteiger partial charge in [-0.25, -0.2) is 4.79 Å². The highest BCUT2D eigenvalue weighted by molar-refractivity contribution is 6.30. The molecule has 0 aliphatic carbocycles. The van der Waals surface area contributed by atoms with Crippen LogP contribution in [0, 0.1) is 0 Å². The largest absolute Gasteiger partial charge is 0.497 e. The van der Waals surface area contributed by atoms with Gasteiger partial charge in [0.25, 0.3) is 0 Å². The van der Waals surface area contributed by atoms with Gasteiger partial charge in [0, 0.05) is 55.4 Å². The molecule has 1 fully saturated rings. The van der Waals surface area contributed by atoms with E-state index in [9.17, 15) is 4.79 Å². The van der Waals surface area contributed by atoms with Gasteiger partial charge in [0.2, 0.25) is 0 Å². The Labute approximate surface area is 269 Å². The molecule has 0 bridgehead atoms. The summed E-state index contributed by atoms with van der Waals surface area (Å²) in [5, 5.41) is 7.80. The number of methoxy groups -OCH3 is 1. The minimum atomic E-state index is -0.438. The van der Waals surface area contributed by atoms with Gasteiger partial charge in [-0.3, -0.25) is 14.8 Å². The van der Waals surface area contributed by atoms with Gasteiger partial charge in [-0.05, 0) is 61.4 Å². The maximum Gasteiger partial charge on any atom is 0.323 e. The van der Waals surface area contributed by atoms with E-state index in [4.69, 9.17) is 37.7 Å². The van der Waals surface area contributed by atoms with Crippen molar-refractivity contribution in [1.82, 2.24) is 20.4 Å². The zero-order valence-electron chi connectivity index (χ0n) is 24.6. The van der Waals surface area contributed by atoms with Crippen LogP contribution in [0.2, 0.25) is 10.0 Å². The zero-order chi connectivity index (χ0) is 29.6. The Bertz CT molecular complexity index is 1400. The lowest BCUT2D eigenvalue weighted by atomic mass is 9.94. The minimum Gasteiger partial charge on any atom is -0.497 e. The summed E-state index contributed by atoms with van der Waals surface area (Å²) in [6.45, 7) is 9.04. The predicted molar refractivity (Wildman–Crippen MR) is 175 cm³/mol. The van der Waals surface area contributed by atoms with Crippen molar-refractivity contribution in [3.05, 3.63) is 93.5 Å². The smallest absolute Gasteiger partial charge is 0.323 e. The third-order valence-corrected chi connectivity index (χ3v) is 7.92. The van der Waals surface area contributed by atoms with Crippen molar-refractivity contribution in [3.8, 4) is 11.5 Å². The zero-order valence-corrected chi connectivity index (χ0v) is 26.9. The molecule has 43 heavy (non-hydrogen) atoms. The number of piperazine rings is 1. The number of urea groups is 1. The van der Waals surface area contributed by atoms with E-state index < -0.39 is 12.1 Å². The van der Waals surface area contributed by atoms with Crippen molar-refractivity contribution in [2.75, 3.05) is 46.4 Å². The molecule has 11 heteroatoms. The minimum absolute atomic E-state index is 0. The Balaban J connectivity index is 0.00000423. The number of amides is 2. The number of nitrogens with one attached hydrogen (secondary N) is 2. The molecule has 2 heterocycles. The average Bonchev–Trinajstić information content (AvgIpc) is 3.38. The van der Waals surface area contributed by atoms with Crippen LogP contribution in [-0.2, 0) is 0 Å². The first kappa shape index (κ1) is 32.9. The highest BCUT2D eigenvalue weighted by Gasteiger charge is 2.43. The van der Waals surface area contributed by atoms with E-state index in [0.717, 1.165) is 43.9 Å². The van der Waals surface area contributed by atoms with Gasteiger partial charge in [-0.1, -0.05) is 47.5 Å². The molecule has 230 valence electrons. The first-order chi connectivity index (χ1) is 20.3. The molecule has 0 spiro atoms. The molecule has 0 radical (unpaired) electrons. The molecular formula is C32H38Cl3N5O3. The van der Waals surface area contributed by atoms with Crippen LogP contribution in [0.4, 0.5) is 4.79 Å². The Morgan fingerprint density at radius 1 is 1.00 bits per heavy atom. The number of hydrogen-bond acceptors (Lipinski definition) is 6. The molecule has 2 aliphatic heterocycles. The Hall–Kier alpha value is -3.01. The summed E-state index contributed by atoms with van der Waals surface area (Å²) in [7, 11) is 1.62. The van der Waals surface area contributed by atoms with Crippen LogP contribution >= 0.6 is 35.6 Å². The number of hydrogen-bond donors (Lipinski definition) is 2. The molecule has 5 rings (SSSR count). The predicted octanol–water partition coefficient (Wildman–Crippen LogP) is 6.37. The normalized spacial score (nSPS) is 18.7. The molecule has 2 N–H and O–H groups in total. The number of carbonyl (C=O) groups excluding carboxylic acids is 1. The summed E-state index contributed by atoms with van der Waals surface area (Å²) in [5.41, 5.74) is 2.56. The fourth-order valence-electron chi connectivity index (χ4n) is 5.37. The lowest BCUT2D eigenvalue weighted by Gasteiger charge is -2.31. The van der Waals surface area contributed by atoms with E-state index in [1.54, 1.807) is 12.0 Å². The van der Waals surface area contributed by atoms with Gasteiger partial charge in [0.15, 0.2) is 0 Å². The van der Waals surface area contributed by atoms with E-state index in [1.165, 1.54) is 0 Å². The number of ether oxygens (including phenoxy) is 2. The van der Waals surface area contributed by atoms with Gasteiger partial charge in [0.05, 0.1) is 24.8 Å². The van der Waals surface area contributed by atoms with E-state index in [0.29, 0.717) is 39.5 Å². The van der Waals surface area contributed by atoms with E-state index >= 15 is 0 Å². The Kier molecular flexibility index (Phi) is 11.6. The van der Waals surface area contributed by atoms with Crippen LogP contribution in [0.25, 0.3) is 0 Å². The molecule has 1 saturated heterocycles. The maximum absolute atomic E-state index is 14.2. The van der Waals surface area contributed by atoms with Crippen molar-refractivity contribution >= 4 is 47.5 Å². The van der Waals surface area contributed by atoms with Crippen molar-refractivity contribution in [1.29, 1.82) is 0 Å². The second-order valence-corrected chi connectivity index (χ2v) is 11.5. The van der Waals surface area contributed by atoms with Gasteiger partial charge in [-0.15, -0.1) is 12.4 Å². The molecule has 3 aromatic carbocycles. The number of carbonyl (C=O) groups is 1. The molecule has 0 saturated carbocycles. The van der Waals surface area contributed by atoms with Crippen molar-refractivity contribution in [3.63, 3.8) is 0 Å². The molecule has 3 aromatic rings. The number of halogens is 3. The standard InChI is InChI=1S/C32H37Cl2N5O3.ClH/c1-21(2)42-28-20-26(41-3)12-13-27(28)31-37-29(22-4-8-24(33)9-5-22)30(23-6-10-25(34)11-7-23)39(31)32(40)36-16-19-38-17-14-35-15-18-38;/h4-13,20-21,29-30,35H,14-19H2,1-3H3,(H,36,40);1H. The molecule has 2 amide bonds. The Morgan fingerprint density at radius 3 is 2.23 bits per heavy atom. The van der Waals surface area contributed by atoms with Crippen molar-refractivity contribution in [2.45, 2.75) is 32.0 Å². The van der Waals surface area contributed by atoms with Crippen LogP contribution in [0.5, 0.6) is 11.5 Å². The summed E-state index contributed by atoms with van der Waals surface area (Å²) in [5.74, 6) is 1.77. The van der Waals surface area contributed by atoms with Crippen LogP contribution < -0.4 is 20.1 Å². The quantitative estimate of drug-likeness (QED) is 0.283. The summed E-state index contributed by atoms with van der Waals surface area (Å²) < 4.78 is 11.7. The summed E-state index contributed by atoms with van der Waals surface area (Å²) >= 11 is 12.5.